The van der Waals surface area contributed by atoms with Crippen molar-refractivity contribution >= 4 is 11.8 Å². The molecular formula is C12H21N5O. The highest BCUT2D eigenvalue weighted by molar-refractivity contribution is 5.43. The fourth-order valence-electron chi connectivity index (χ4n) is 1.93. The van der Waals surface area contributed by atoms with Crippen LogP contribution in [0.3, 0.4) is 0 Å². The number of aromatic nitrogens is 2. The molecule has 1 aliphatic heterocycles. The van der Waals surface area contributed by atoms with Gasteiger partial charge in [-0.1, -0.05) is 0 Å². The van der Waals surface area contributed by atoms with E-state index in [0.717, 1.165) is 24.9 Å². The molecule has 2 atom stereocenters. The van der Waals surface area contributed by atoms with Crippen molar-refractivity contribution in [2.24, 2.45) is 5.73 Å². The van der Waals surface area contributed by atoms with Gasteiger partial charge < -0.3 is 20.3 Å². The van der Waals surface area contributed by atoms with E-state index in [9.17, 15) is 0 Å². The average Bonchev–Trinajstić information content (AvgIpc) is 2.39. The van der Waals surface area contributed by atoms with Crippen molar-refractivity contribution in [2.45, 2.75) is 19.1 Å². The van der Waals surface area contributed by atoms with Gasteiger partial charge in [-0.3, -0.25) is 0 Å². The van der Waals surface area contributed by atoms with Gasteiger partial charge in [0, 0.05) is 39.4 Å². The highest BCUT2D eigenvalue weighted by Crippen LogP contribution is 2.17. The summed E-state index contributed by atoms with van der Waals surface area (Å²) in [5.74, 6) is 1.65. The van der Waals surface area contributed by atoms with E-state index in [0.29, 0.717) is 6.61 Å². The highest BCUT2D eigenvalue weighted by Gasteiger charge is 2.24. The first-order valence-electron chi connectivity index (χ1n) is 6.20. The number of hydrogen-bond donors (Lipinski definition) is 1. The Hall–Kier alpha value is -1.40. The Balaban J connectivity index is 2.13. The molecular weight excluding hydrogens is 230 g/mol. The molecule has 0 aromatic carbocycles. The van der Waals surface area contributed by atoms with Crippen LogP contribution in [0.25, 0.3) is 0 Å². The minimum absolute atomic E-state index is 0.0305. The third-order valence-electron chi connectivity index (χ3n) is 3.03. The van der Waals surface area contributed by atoms with Gasteiger partial charge in [-0.15, -0.1) is 0 Å². The molecule has 0 amide bonds. The molecule has 1 saturated heterocycles. The third-order valence-corrected chi connectivity index (χ3v) is 3.03. The van der Waals surface area contributed by atoms with Gasteiger partial charge in [0.05, 0.1) is 12.7 Å². The lowest BCUT2D eigenvalue weighted by Crippen LogP contribution is -2.49. The number of morpholine rings is 1. The predicted molar refractivity (Wildman–Crippen MR) is 72.0 cm³/mol. The maximum absolute atomic E-state index is 5.89. The first-order valence-corrected chi connectivity index (χ1v) is 6.20. The van der Waals surface area contributed by atoms with Crippen LogP contribution in [-0.2, 0) is 4.74 Å². The third kappa shape index (κ3) is 2.88. The normalized spacial score (nSPS) is 21.8. The molecule has 1 fully saturated rings. The summed E-state index contributed by atoms with van der Waals surface area (Å²) >= 11 is 0. The second-order valence-corrected chi connectivity index (χ2v) is 4.82. The number of rotatable bonds is 3. The van der Waals surface area contributed by atoms with Crippen molar-refractivity contribution in [3.05, 3.63) is 12.3 Å². The molecule has 6 nitrogen and oxygen atoms in total. The van der Waals surface area contributed by atoms with Crippen LogP contribution in [0.5, 0.6) is 0 Å². The summed E-state index contributed by atoms with van der Waals surface area (Å²) < 4.78 is 5.65. The smallest absolute Gasteiger partial charge is 0.226 e. The number of nitrogens with two attached hydrogens (primary N) is 1. The molecule has 18 heavy (non-hydrogen) atoms. The molecule has 2 N–H and O–H groups in total. The van der Waals surface area contributed by atoms with Crippen LogP contribution in [0, 0.1) is 0 Å². The molecule has 0 radical (unpaired) electrons. The fraction of sp³-hybridized carbons (Fsp3) is 0.667. The number of hydrogen-bond acceptors (Lipinski definition) is 6. The maximum atomic E-state index is 5.89. The SMILES string of the molecule is CC(N)C1CN(c2ccnc(N(C)C)n2)CCO1. The Morgan fingerprint density at radius 2 is 2.33 bits per heavy atom. The topological polar surface area (TPSA) is 67.5 Å². The van der Waals surface area contributed by atoms with Crippen molar-refractivity contribution in [1.82, 2.24) is 9.97 Å². The molecule has 0 spiro atoms. The van der Waals surface area contributed by atoms with Crippen LogP contribution in [0.4, 0.5) is 11.8 Å². The first-order chi connectivity index (χ1) is 8.58. The van der Waals surface area contributed by atoms with E-state index in [4.69, 9.17) is 10.5 Å². The molecule has 1 aliphatic rings. The van der Waals surface area contributed by atoms with E-state index in [1.807, 2.05) is 32.0 Å². The second-order valence-electron chi connectivity index (χ2n) is 4.82. The number of anilines is 2. The zero-order valence-electron chi connectivity index (χ0n) is 11.2. The van der Waals surface area contributed by atoms with E-state index < -0.39 is 0 Å². The summed E-state index contributed by atoms with van der Waals surface area (Å²) in [5, 5.41) is 0. The standard InChI is InChI=1S/C12H21N5O/c1-9(13)10-8-17(6-7-18-10)11-4-5-14-12(15-11)16(2)3/h4-5,9-10H,6-8,13H2,1-3H3. The Bertz CT molecular complexity index is 396. The van der Waals surface area contributed by atoms with Gasteiger partial charge in [-0.25, -0.2) is 4.98 Å². The molecule has 100 valence electrons. The van der Waals surface area contributed by atoms with Crippen LogP contribution in [0.15, 0.2) is 12.3 Å². The molecule has 0 aliphatic carbocycles. The van der Waals surface area contributed by atoms with E-state index in [1.54, 1.807) is 6.20 Å². The van der Waals surface area contributed by atoms with E-state index in [2.05, 4.69) is 14.9 Å². The van der Waals surface area contributed by atoms with E-state index in [-0.39, 0.29) is 12.1 Å². The molecule has 2 rings (SSSR count). The van der Waals surface area contributed by atoms with Crippen LogP contribution in [0.2, 0.25) is 0 Å². The summed E-state index contributed by atoms with van der Waals surface area (Å²) in [6.07, 6.45) is 1.85. The van der Waals surface area contributed by atoms with Gasteiger partial charge in [0.1, 0.15) is 5.82 Å². The van der Waals surface area contributed by atoms with E-state index >= 15 is 0 Å². The number of ether oxygens (including phenoxy) is 1. The summed E-state index contributed by atoms with van der Waals surface area (Å²) in [6.45, 7) is 4.28. The quantitative estimate of drug-likeness (QED) is 0.821. The van der Waals surface area contributed by atoms with Gasteiger partial charge in [0.2, 0.25) is 5.95 Å². The lowest BCUT2D eigenvalue weighted by Gasteiger charge is -2.35. The van der Waals surface area contributed by atoms with Crippen molar-refractivity contribution in [3.63, 3.8) is 0 Å². The lowest BCUT2D eigenvalue weighted by atomic mass is 10.1. The first kappa shape index (κ1) is 13.0. The number of nitrogens with zero attached hydrogens (tertiary/aromatic N) is 4. The molecule has 2 unspecified atom stereocenters. The predicted octanol–water partition coefficient (Wildman–Crippen LogP) is 0.0950. The summed E-state index contributed by atoms with van der Waals surface area (Å²) in [5.41, 5.74) is 5.89. The van der Waals surface area contributed by atoms with Crippen LogP contribution < -0.4 is 15.5 Å². The Labute approximate surface area is 108 Å². The molecule has 2 heterocycles. The van der Waals surface area contributed by atoms with Gasteiger partial charge in [0.15, 0.2) is 0 Å². The molecule has 1 aromatic heterocycles. The van der Waals surface area contributed by atoms with Crippen molar-refractivity contribution in [2.75, 3.05) is 43.6 Å². The molecule has 0 saturated carbocycles. The van der Waals surface area contributed by atoms with Gasteiger partial charge in [-0.2, -0.15) is 4.98 Å². The largest absolute Gasteiger partial charge is 0.373 e. The van der Waals surface area contributed by atoms with E-state index in [1.165, 1.54) is 0 Å². The Morgan fingerprint density at radius 3 is 3.00 bits per heavy atom. The monoisotopic (exact) mass is 251 g/mol. The van der Waals surface area contributed by atoms with Gasteiger partial charge >= 0.3 is 0 Å². The zero-order valence-corrected chi connectivity index (χ0v) is 11.2. The maximum Gasteiger partial charge on any atom is 0.226 e. The summed E-state index contributed by atoms with van der Waals surface area (Å²) in [4.78, 5) is 12.9. The van der Waals surface area contributed by atoms with Crippen LogP contribution >= 0.6 is 0 Å². The van der Waals surface area contributed by atoms with Crippen molar-refractivity contribution in [3.8, 4) is 0 Å². The summed E-state index contributed by atoms with van der Waals surface area (Å²) in [6, 6.07) is 1.96. The van der Waals surface area contributed by atoms with Gasteiger partial charge in [-0.05, 0) is 13.0 Å². The fourth-order valence-corrected chi connectivity index (χ4v) is 1.93. The van der Waals surface area contributed by atoms with Crippen molar-refractivity contribution in [1.29, 1.82) is 0 Å². The molecule has 0 bridgehead atoms. The zero-order chi connectivity index (χ0) is 13.1. The minimum atomic E-state index is 0.0305. The average molecular weight is 251 g/mol. The van der Waals surface area contributed by atoms with Crippen molar-refractivity contribution < 1.29 is 4.74 Å². The second kappa shape index (κ2) is 5.49. The lowest BCUT2D eigenvalue weighted by molar-refractivity contribution is 0.0273. The highest BCUT2D eigenvalue weighted by atomic mass is 16.5. The summed E-state index contributed by atoms with van der Waals surface area (Å²) in [7, 11) is 3.87. The Kier molecular flexibility index (Phi) is 3.98. The molecule has 6 heteroatoms. The van der Waals surface area contributed by atoms with Crippen LogP contribution in [0.1, 0.15) is 6.92 Å². The minimum Gasteiger partial charge on any atom is -0.373 e. The molecule has 1 aromatic rings. The van der Waals surface area contributed by atoms with Crippen LogP contribution in [-0.4, -0.2) is 55.9 Å². The van der Waals surface area contributed by atoms with Gasteiger partial charge in [0.25, 0.3) is 0 Å². The Morgan fingerprint density at radius 1 is 1.56 bits per heavy atom.